The van der Waals surface area contributed by atoms with Gasteiger partial charge < -0.3 is 0 Å². The monoisotopic (exact) mass is 196 g/mol. The van der Waals surface area contributed by atoms with E-state index in [0.29, 0.717) is 6.42 Å². The van der Waals surface area contributed by atoms with Crippen LogP contribution in [0.15, 0.2) is 24.3 Å². The van der Waals surface area contributed by atoms with E-state index in [4.69, 9.17) is 5.14 Å². The molecule has 1 unspecified atom stereocenters. The summed E-state index contributed by atoms with van der Waals surface area (Å²) in [6, 6.07) is 7.46. The van der Waals surface area contributed by atoms with Crippen LogP contribution in [0.25, 0.3) is 0 Å². The van der Waals surface area contributed by atoms with Gasteiger partial charge in [-0.05, 0) is 24.0 Å². The number of benzene rings is 1. The third kappa shape index (κ3) is 1.47. The van der Waals surface area contributed by atoms with E-state index in [2.05, 4.69) is 0 Å². The molecule has 1 aromatic carbocycles. The molecule has 1 aliphatic carbocycles. The molecule has 0 amide bonds. The molecular weight excluding hydrogens is 186 g/mol. The van der Waals surface area contributed by atoms with Gasteiger partial charge in [0.2, 0.25) is 10.0 Å². The Morgan fingerprint density at radius 2 is 2.00 bits per heavy atom. The lowest BCUT2D eigenvalue weighted by Crippen LogP contribution is -2.10. The first-order chi connectivity index (χ1) is 6.09. The van der Waals surface area contributed by atoms with E-state index in [1.54, 1.807) is 6.07 Å². The molecule has 1 N–H and O–H groups in total. The fourth-order valence-electron chi connectivity index (χ4n) is 1.84. The number of hydrogen-bond acceptors (Lipinski definition) is 2. The Morgan fingerprint density at radius 3 is 2.69 bits per heavy atom. The predicted molar refractivity (Wildman–Crippen MR) is 49.5 cm³/mol. The second-order valence-electron chi connectivity index (χ2n) is 3.27. The Kier molecular flexibility index (Phi) is 1.89. The largest absolute Gasteiger partial charge is 0.232 e. The normalized spacial score (nSPS) is 21.5. The van der Waals surface area contributed by atoms with E-state index >= 15 is 0 Å². The van der Waals surface area contributed by atoms with Crippen LogP contribution in [0.4, 0.5) is 0 Å². The molecule has 0 saturated heterocycles. The zero-order chi connectivity index (χ0) is 9.47. The summed E-state index contributed by atoms with van der Waals surface area (Å²) in [5, 5.41) is 6.44. The van der Waals surface area contributed by atoms with Gasteiger partial charge in [-0.15, -0.1) is 5.14 Å². The van der Waals surface area contributed by atoms with Crippen molar-refractivity contribution >= 4 is 10.0 Å². The molecular formula is C9H10NO2S. The number of rotatable bonds is 1. The van der Waals surface area contributed by atoms with Crippen molar-refractivity contribution in [2.45, 2.75) is 18.1 Å². The van der Waals surface area contributed by atoms with Crippen LogP contribution in [0.1, 0.15) is 22.8 Å². The van der Waals surface area contributed by atoms with Gasteiger partial charge in [0.1, 0.15) is 5.25 Å². The highest BCUT2D eigenvalue weighted by molar-refractivity contribution is 7.89. The Morgan fingerprint density at radius 1 is 1.31 bits per heavy atom. The van der Waals surface area contributed by atoms with Crippen molar-refractivity contribution in [1.29, 1.82) is 0 Å². The number of sulfonamides is 1. The molecule has 4 heteroatoms. The van der Waals surface area contributed by atoms with Crippen molar-refractivity contribution in [2.24, 2.45) is 0 Å². The molecule has 13 heavy (non-hydrogen) atoms. The van der Waals surface area contributed by atoms with Crippen molar-refractivity contribution in [3.63, 3.8) is 0 Å². The molecule has 0 bridgehead atoms. The van der Waals surface area contributed by atoms with Gasteiger partial charge in [-0.2, -0.15) is 0 Å². The minimum Gasteiger partial charge on any atom is -0.211 e. The lowest BCUT2D eigenvalue weighted by molar-refractivity contribution is 0.581. The van der Waals surface area contributed by atoms with Crippen molar-refractivity contribution in [3.8, 4) is 0 Å². The van der Waals surface area contributed by atoms with Crippen LogP contribution in [0.5, 0.6) is 0 Å². The minimum atomic E-state index is -3.67. The summed E-state index contributed by atoms with van der Waals surface area (Å²) in [5.41, 5.74) is 1.89. The summed E-state index contributed by atoms with van der Waals surface area (Å²) in [6.45, 7) is 0. The van der Waals surface area contributed by atoms with Gasteiger partial charge in [0, 0.05) is 0 Å². The van der Waals surface area contributed by atoms with Crippen LogP contribution >= 0.6 is 0 Å². The predicted octanol–water partition coefficient (Wildman–Crippen LogP) is 1.29. The second kappa shape index (κ2) is 2.82. The molecule has 0 aromatic heterocycles. The van der Waals surface area contributed by atoms with E-state index < -0.39 is 15.3 Å². The fraction of sp³-hybridized carbons (Fsp3) is 0.333. The maximum atomic E-state index is 11.1. The Bertz CT molecular complexity index is 425. The molecule has 0 fully saturated rings. The van der Waals surface area contributed by atoms with Gasteiger partial charge in [0.25, 0.3) is 0 Å². The fourth-order valence-corrected chi connectivity index (χ4v) is 2.83. The van der Waals surface area contributed by atoms with Crippen LogP contribution in [-0.4, -0.2) is 8.42 Å². The van der Waals surface area contributed by atoms with Crippen LogP contribution in [-0.2, 0) is 16.4 Å². The van der Waals surface area contributed by atoms with Gasteiger partial charge in [-0.25, -0.2) is 8.42 Å². The smallest absolute Gasteiger partial charge is 0.211 e. The first-order valence-corrected chi connectivity index (χ1v) is 5.70. The molecule has 0 aliphatic heterocycles. The summed E-state index contributed by atoms with van der Waals surface area (Å²) in [4.78, 5) is 0. The molecule has 1 atom stereocenters. The standard InChI is InChI=1S/C9H10NO2S/c10-13(11,12)9-6-5-7-3-1-2-4-8(7)9/h1-4,9-10H,5-6H2. The van der Waals surface area contributed by atoms with Gasteiger partial charge in [0.05, 0.1) is 0 Å². The molecule has 1 aromatic rings. The lowest BCUT2D eigenvalue weighted by atomic mass is 10.1. The SMILES string of the molecule is [NH]S(=O)(=O)C1CCc2ccccc21. The molecule has 2 rings (SSSR count). The maximum absolute atomic E-state index is 11.1. The number of aryl methyl sites for hydroxylation is 1. The Labute approximate surface area is 77.6 Å². The van der Waals surface area contributed by atoms with Crippen molar-refractivity contribution < 1.29 is 8.42 Å². The van der Waals surface area contributed by atoms with E-state index in [1.165, 1.54) is 0 Å². The highest BCUT2D eigenvalue weighted by Gasteiger charge is 2.30. The van der Waals surface area contributed by atoms with Crippen molar-refractivity contribution in [1.82, 2.24) is 5.14 Å². The number of fused-ring (bicyclic) bond motifs is 1. The lowest BCUT2D eigenvalue weighted by Gasteiger charge is -2.06. The molecule has 1 aliphatic rings. The highest BCUT2D eigenvalue weighted by atomic mass is 32.2. The molecule has 1 radical (unpaired) electrons. The quantitative estimate of drug-likeness (QED) is 0.679. The zero-order valence-electron chi connectivity index (χ0n) is 7.03. The van der Waals surface area contributed by atoms with Gasteiger partial charge >= 0.3 is 0 Å². The van der Waals surface area contributed by atoms with E-state index in [1.807, 2.05) is 18.2 Å². The third-order valence-corrected chi connectivity index (χ3v) is 3.69. The summed E-state index contributed by atoms with van der Waals surface area (Å²) < 4.78 is 22.1. The number of hydrogen-bond donors (Lipinski definition) is 0. The molecule has 0 heterocycles. The van der Waals surface area contributed by atoms with E-state index in [0.717, 1.165) is 17.5 Å². The first-order valence-electron chi connectivity index (χ1n) is 4.15. The first kappa shape index (κ1) is 8.72. The van der Waals surface area contributed by atoms with Gasteiger partial charge in [-0.1, -0.05) is 24.3 Å². The zero-order valence-corrected chi connectivity index (χ0v) is 7.84. The van der Waals surface area contributed by atoms with Crippen LogP contribution in [0, 0.1) is 0 Å². The number of nitrogens with one attached hydrogen (secondary N) is 1. The molecule has 0 saturated carbocycles. The van der Waals surface area contributed by atoms with Crippen molar-refractivity contribution in [3.05, 3.63) is 35.4 Å². The molecule has 0 spiro atoms. The Hall–Kier alpha value is -0.870. The van der Waals surface area contributed by atoms with Gasteiger partial charge in [-0.3, -0.25) is 0 Å². The van der Waals surface area contributed by atoms with Crippen LogP contribution in [0.3, 0.4) is 0 Å². The molecule has 3 nitrogen and oxygen atoms in total. The summed E-state index contributed by atoms with van der Waals surface area (Å²) in [7, 11) is -3.67. The summed E-state index contributed by atoms with van der Waals surface area (Å²) in [5.74, 6) is 0. The van der Waals surface area contributed by atoms with Crippen molar-refractivity contribution in [2.75, 3.05) is 0 Å². The van der Waals surface area contributed by atoms with E-state index in [-0.39, 0.29) is 0 Å². The average Bonchev–Trinajstić information content (AvgIpc) is 2.45. The topological polar surface area (TPSA) is 57.9 Å². The van der Waals surface area contributed by atoms with E-state index in [9.17, 15) is 8.42 Å². The molecule has 69 valence electrons. The summed E-state index contributed by atoms with van der Waals surface area (Å²) in [6.07, 6.45) is 1.34. The average molecular weight is 196 g/mol. The van der Waals surface area contributed by atoms with Crippen LogP contribution < -0.4 is 5.14 Å². The minimum absolute atomic E-state index is 0.561. The van der Waals surface area contributed by atoms with Crippen LogP contribution in [0.2, 0.25) is 0 Å². The Balaban J connectivity index is 2.51. The maximum Gasteiger partial charge on any atom is 0.232 e. The third-order valence-electron chi connectivity index (χ3n) is 2.45. The van der Waals surface area contributed by atoms with Gasteiger partial charge in [0.15, 0.2) is 0 Å². The second-order valence-corrected chi connectivity index (χ2v) is 4.93. The summed E-state index contributed by atoms with van der Waals surface area (Å²) >= 11 is 0. The highest BCUT2D eigenvalue weighted by Crippen LogP contribution is 2.35.